The largest absolute Gasteiger partial charge is 0.396 e. The van der Waals surface area contributed by atoms with Crippen LogP contribution in [0.15, 0.2) is 30.3 Å². The standard InChI is InChI=1S/C18H28N2O/c1-2-18(15-21)9-12-19(13-10-18)17-8-11-20(14-17)16-6-4-3-5-7-16/h3-7,17,21H,2,8-15H2,1H3/t17-/m0/s1. The van der Waals surface area contributed by atoms with Crippen LogP contribution in [0.3, 0.4) is 0 Å². The molecule has 1 aromatic carbocycles. The van der Waals surface area contributed by atoms with Crippen molar-refractivity contribution in [1.82, 2.24) is 4.90 Å². The van der Waals surface area contributed by atoms with E-state index < -0.39 is 0 Å². The third-order valence-corrected chi connectivity index (χ3v) is 5.75. The highest BCUT2D eigenvalue weighted by Gasteiger charge is 2.36. The number of benzene rings is 1. The summed E-state index contributed by atoms with van der Waals surface area (Å²) in [6, 6.07) is 11.5. The van der Waals surface area contributed by atoms with Gasteiger partial charge in [-0.2, -0.15) is 0 Å². The summed E-state index contributed by atoms with van der Waals surface area (Å²) in [5.74, 6) is 0. The van der Waals surface area contributed by atoms with E-state index in [2.05, 4.69) is 47.1 Å². The lowest BCUT2D eigenvalue weighted by Crippen LogP contribution is -2.47. The summed E-state index contributed by atoms with van der Waals surface area (Å²) in [7, 11) is 0. The van der Waals surface area contributed by atoms with Gasteiger partial charge in [-0.1, -0.05) is 25.1 Å². The first-order chi connectivity index (χ1) is 10.3. The van der Waals surface area contributed by atoms with Crippen LogP contribution in [0.4, 0.5) is 5.69 Å². The van der Waals surface area contributed by atoms with Crippen molar-refractivity contribution in [1.29, 1.82) is 0 Å². The number of hydrogen-bond donors (Lipinski definition) is 1. The van der Waals surface area contributed by atoms with Gasteiger partial charge in [0.15, 0.2) is 0 Å². The molecule has 2 aliphatic rings. The first-order valence-electron chi connectivity index (χ1n) is 8.41. The summed E-state index contributed by atoms with van der Waals surface area (Å²) in [4.78, 5) is 5.17. The highest BCUT2D eigenvalue weighted by atomic mass is 16.3. The van der Waals surface area contributed by atoms with E-state index >= 15 is 0 Å². The summed E-state index contributed by atoms with van der Waals surface area (Å²) in [6.45, 7) is 7.21. The molecule has 2 saturated heterocycles. The highest BCUT2D eigenvalue weighted by Crippen LogP contribution is 2.36. The monoisotopic (exact) mass is 288 g/mol. The second-order valence-electron chi connectivity index (χ2n) is 6.77. The van der Waals surface area contributed by atoms with E-state index in [-0.39, 0.29) is 5.41 Å². The quantitative estimate of drug-likeness (QED) is 0.923. The van der Waals surface area contributed by atoms with Crippen LogP contribution in [0.25, 0.3) is 0 Å². The Labute approximate surface area is 128 Å². The van der Waals surface area contributed by atoms with Crippen LogP contribution in [0.1, 0.15) is 32.6 Å². The predicted octanol–water partition coefficient (Wildman–Crippen LogP) is 2.75. The maximum absolute atomic E-state index is 9.66. The molecule has 0 bridgehead atoms. The van der Waals surface area contributed by atoms with Crippen molar-refractivity contribution < 1.29 is 5.11 Å². The lowest BCUT2D eigenvalue weighted by Gasteiger charge is -2.42. The lowest BCUT2D eigenvalue weighted by molar-refractivity contribution is 0.0279. The number of nitrogens with zero attached hydrogens (tertiary/aromatic N) is 2. The van der Waals surface area contributed by atoms with Crippen LogP contribution in [-0.4, -0.2) is 48.8 Å². The topological polar surface area (TPSA) is 26.7 Å². The number of piperidine rings is 1. The molecule has 2 heterocycles. The zero-order valence-corrected chi connectivity index (χ0v) is 13.2. The van der Waals surface area contributed by atoms with Gasteiger partial charge in [0.2, 0.25) is 0 Å². The van der Waals surface area contributed by atoms with Crippen LogP contribution < -0.4 is 4.90 Å². The fraction of sp³-hybridized carbons (Fsp3) is 0.667. The number of hydrogen-bond acceptors (Lipinski definition) is 3. The Hall–Kier alpha value is -1.06. The lowest BCUT2D eigenvalue weighted by atomic mass is 9.76. The third kappa shape index (κ3) is 3.09. The van der Waals surface area contributed by atoms with Crippen LogP contribution in [-0.2, 0) is 0 Å². The molecule has 3 heteroatoms. The van der Waals surface area contributed by atoms with Crippen molar-refractivity contribution in [3.8, 4) is 0 Å². The van der Waals surface area contributed by atoms with Gasteiger partial charge < -0.3 is 10.0 Å². The molecule has 3 rings (SSSR count). The van der Waals surface area contributed by atoms with Crippen molar-refractivity contribution in [3.05, 3.63) is 30.3 Å². The average Bonchev–Trinajstić information content (AvgIpc) is 3.06. The van der Waals surface area contributed by atoms with Crippen LogP contribution >= 0.6 is 0 Å². The molecule has 116 valence electrons. The summed E-state index contributed by atoms with van der Waals surface area (Å²) in [5, 5.41) is 9.66. The number of rotatable bonds is 4. The van der Waals surface area contributed by atoms with E-state index in [1.807, 2.05) is 0 Å². The van der Waals surface area contributed by atoms with Crippen molar-refractivity contribution in [2.45, 2.75) is 38.6 Å². The maximum Gasteiger partial charge on any atom is 0.0488 e. The minimum absolute atomic E-state index is 0.203. The SMILES string of the molecule is CCC1(CO)CCN([C@H]2CCN(c3ccccc3)C2)CC1. The molecule has 0 aromatic heterocycles. The molecule has 2 aliphatic heterocycles. The Balaban J connectivity index is 1.56. The normalized spacial score (nSPS) is 26.2. The molecule has 1 atom stereocenters. The molecular weight excluding hydrogens is 260 g/mol. The molecule has 0 unspecified atom stereocenters. The molecule has 1 aromatic rings. The van der Waals surface area contributed by atoms with E-state index in [1.54, 1.807) is 0 Å². The second kappa shape index (κ2) is 6.37. The summed E-state index contributed by atoms with van der Waals surface area (Å²) < 4.78 is 0. The van der Waals surface area contributed by atoms with Gasteiger partial charge in [-0.05, 0) is 56.3 Å². The van der Waals surface area contributed by atoms with Crippen molar-refractivity contribution >= 4 is 5.69 Å². The zero-order valence-electron chi connectivity index (χ0n) is 13.2. The third-order valence-electron chi connectivity index (χ3n) is 5.75. The Morgan fingerprint density at radius 1 is 1.14 bits per heavy atom. The van der Waals surface area contributed by atoms with Gasteiger partial charge in [-0.15, -0.1) is 0 Å². The van der Waals surface area contributed by atoms with Crippen molar-refractivity contribution in [2.75, 3.05) is 37.7 Å². The van der Waals surface area contributed by atoms with E-state index in [0.717, 1.165) is 38.9 Å². The fourth-order valence-corrected chi connectivity index (χ4v) is 3.90. The molecule has 3 nitrogen and oxygen atoms in total. The highest BCUT2D eigenvalue weighted by molar-refractivity contribution is 5.47. The number of para-hydroxylation sites is 1. The smallest absolute Gasteiger partial charge is 0.0488 e. The molecule has 0 radical (unpaired) electrons. The molecule has 0 saturated carbocycles. The van der Waals surface area contributed by atoms with Crippen LogP contribution in [0, 0.1) is 5.41 Å². The van der Waals surface area contributed by atoms with E-state index in [1.165, 1.54) is 18.7 Å². The number of anilines is 1. The van der Waals surface area contributed by atoms with Gasteiger partial charge >= 0.3 is 0 Å². The summed E-state index contributed by atoms with van der Waals surface area (Å²) in [5.41, 5.74) is 1.56. The van der Waals surface area contributed by atoms with Gasteiger partial charge in [0, 0.05) is 31.4 Å². The first-order valence-corrected chi connectivity index (χ1v) is 8.41. The number of aliphatic hydroxyl groups is 1. The molecule has 21 heavy (non-hydrogen) atoms. The van der Waals surface area contributed by atoms with Gasteiger partial charge in [-0.25, -0.2) is 0 Å². The second-order valence-corrected chi connectivity index (χ2v) is 6.77. The molecule has 2 fully saturated rings. The Bertz CT molecular complexity index is 434. The predicted molar refractivity (Wildman–Crippen MR) is 87.7 cm³/mol. The molecule has 0 spiro atoms. The zero-order chi connectivity index (χ0) is 14.7. The molecule has 1 N–H and O–H groups in total. The van der Waals surface area contributed by atoms with E-state index in [4.69, 9.17) is 0 Å². The van der Waals surface area contributed by atoms with Crippen molar-refractivity contribution in [3.63, 3.8) is 0 Å². The first kappa shape index (κ1) is 14.9. The molecule has 0 amide bonds. The van der Waals surface area contributed by atoms with Crippen molar-refractivity contribution in [2.24, 2.45) is 5.41 Å². The fourth-order valence-electron chi connectivity index (χ4n) is 3.90. The Morgan fingerprint density at radius 3 is 2.48 bits per heavy atom. The maximum atomic E-state index is 9.66. The number of aliphatic hydroxyl groups excluding tert-OH is 1. The summed E-state index contributed by atoms with van der Waals surface area (Å²) in [6.07, 6.45) is 4.69. The van der Waals surface area contributed by atoms with E-state index in [0.29, 0.717) is 12.6 Å². The minimum Gasteiger partial charge on any atom is -0.396 e. The molecular formula is C18H28N2O. The van der Waals surface area contributed by atoms with Gasteiger partial charge in [0.1, 0.15) is 0 Å². The van der Waals surface area contributed by atoms with Gasteiger partial charge in [0.05, 0.1) is 0 Å². The van der Waals surface area contributed by atoms with Crippen LogP contribution in [0.2, 0.25) is 0 Å². The van der Waals surface area contributed by atoms with E-state index in [9.17, 15) is 5.11 Å². The Kier molecular flexibility index (Phi) is 4.51. The van der Waals surface area contributed by atoms with Gasteiger partial charge in [-0.3, -0.25) is 4.90 Å². The molecule has 0 aliphatic carbocycles. The van der Waals surface area contributed by atoms with Crippen LogP contribution in [0.5, 0.6) is 0 Å². The Morgan fingerprint density at radius 2 is 1.86 bits per heavy atom. The average molecular weight is 288 g/mol. The van der Waals surface area contributed by atoms with Gasteiger partial charge in [0.25, 0.3) is 0 Å². The summed E-state index contributed by atoms with van der Waals surface area (Å²) >= 11 is 0. The number of likely N-dealkylation sites (tertiary alicyclic amines) is 1. The minimum atomic E-state index is 0.203.